The van der Waals surface area contributed by atoms with Crippen molar-refractivity contribution >= 4 is 12.0 Å². The van der Waals surface area contributed by atoms with Crippen LogP contribution in [0.2, 0.25) is 0 Å². The quantitative estimate of drug-likeness (QED) is 0.515. The van der Waals surface area contributed by atoms with Crippen molar-refractivity contribution in [1.82, 2.24) is 4.98 Å². The van der Waals surface area contributed by atoms with Gasteiger partial charge in [-0.2, -0.15) is 4.99 Å². The Kier molecular flexibility index (Phi) is 1.40. The Morgan fingerprint density at radius 2 is 2.25 bits per heavy atom. The number of aromatic nitrogens is 1. The van der Waals surface area contributed by atoms with Crippen LogP contribution in [-0.4, -0.2) is 10.9 Å². The number of fused-ring (bicyclic) bond motifs is 1. The highest BCUT2D eigenvalue weighted by Crippen LogP contribution is 1.86. The zero-order valence-corrected chi connectivity index (χ0v) is 6.20. The van der Waals surface area contributed by atoms with Gasteiger partial charge in [0.1, 0.15) is 5.49 Å². The van der Waals surface area contributed by atoms with Gasteiger partial charge in [0, 0.05) is 18.7 Å². The van der Waals surface area contributed by atoms with Gasteiger partial charge in [-0.05, 0) is 0 Å². The average molecular weight is 162 g/mol. The van der Waals surface area contributed by atoms with E-state index in [9.17, 15) is 9.59 Å². The number of H-pyrrole nitrogens is 1. The first-order valence-electron chi connectivity index (χ1n) is 3.57. The smallest absolute Gasteiger partial charge is 0.251 e. The fourth-order valence-corrected chi connectivity index (χ4v) is 1.13. The fraction of sp³-hybridized carbons (Fsp3) is 0.125. The zero-order valence-electron chi connectivity index (χ0n) is 6.20. The number of hydrogen-bond donors (Lipinski definition) is 1. The van der Waals surface area contributed by atoms with Crippen LogP contribution < -0.4 is 16.1 Å². The lowest BCUT2D eigenvalue weighted by molar-refractivity contribution is -0.117. The van der Waals surface area contributed by atoms with E-state index in [-0.39, 0.29) is 17.8 Å². The summed E-state index contributed by atoms with van der Waals surface area (Å²) in [6, 6.07) is 1.42. The molecule has 0 bridgehead atoms. The van der Waals surface area contributed by atoms with Crippen LogP contribution in [0.5, 0.6) is 0 Å². The van der Waals surface area contributed by atoms with Gasteiger partial charge in [0.2, 0.25) is 0 Å². The van der Waals surface area contributed by atoms with Gasteiger partial charge in [0.15, 0.2) is 5.43 Å². The minimum absolute atomic E-state index is 0.0972. The molecule has 1 N–H and O–H groups in total. The van der Waals surface area contributed by atoms with Crippen molar-refractivity contribution < 1.29 is 4.79 Å². The number of pyridine rings is 1. The number of amides is 1. The number of hydrogen-bond acceptors (Lipinski definition) is 2. The maximum absolute atomic E-state index is 11.1. The second-order valence-corrected chi connectivity index (χ2v) is 2.52. The van der Waals surface area contributed by atoms with Crippen LogP contribution in [0.15, 0.2) is 22.1 Å². The van der Waals surface area contributed by atoms with Crippen molar-refractivity contribution in [3.05, 3.63) is 33.2 Å². The third-order valence-electron chi connectivity index (χ3n) is 1.69. The Bertz CT molecular complexity index is 499. The van der Waals surface area contributed by atoms with E-state index in [0.717, 1.165) is 0 Å². The van der Waals surface area contributed by atoms with Gasteiger partial charge < -0.3 is 4.98 Å². The number of nitrogens with zero attached hydrogens (tertiary/aromatic N) is 1. The SMILES string of the molecule is O=C1CC=c2c(=O)cc[nH]c2=N1. The zero-order chi connectivity index (χ0) is 8.55. The van der Waals surface area contributed by atoms with Crippen LogP contribution in [-0.2, 0) is 4.79 Å². The van der Waals surface area contributed by atoms with Crippen molar-refractivity contribution in [2.45, 2.75) is 6.42 Å². The molecule has 1 amide bonds. The van der Waals surface area contributed by atoms with E-state index in [1.807, 2.05) is 0 Å². The summed E-state index contributed by atoms with van der Waals surface area (Å²) in [6.45, 7) is 0. The van der Waals surface area contributed by atoms with Crippen molar-refractivity contribution in [2.75, 3.05) is 0 Å². The molecule has 12 heavy (non-hydrogen) atoms. The molecule has 60 valence electrons. The van der Waals surface area contributed by atoms with Crippen molar-refractivity contribution in [3.63, 3.8) is 0 Å². The topological polar surface area (TPSA) is 62.3 Å². The van der Waals surface area contributed by atoms with E-state index < -0.39 is 0 Å². The molecular weight excluding hydrogens is 156 g/mol. The van der Waals surface area contributed by atoms with E-state index in [0.29, 0.717) is 10.7 Å². The Labute approximate surface area is 67.3 Å². The summed E-state index contributed by atoms with van der Waals surface area (Å²) in [5.74, 6) is -0.218. The summed E-state index contributed by atoms with van der Waals surface area (Å²) >= 11 is 0. The maximum atomic E-state index is 11.1. The summed E-state index contributed by atoms with van der Waals surface area (Å²) in [7, 11) is 0. The van der Waals surface area contributed by atoms with E-state index in [2.05, 4.69) is 9.98 Å². The Balaban J connectivity index is 2.97. The number of aromatic amines is 1. The normalized spacial score (nSPS) is 14.5. The van der Waals surface area contributed by atoms with E-state index in [1.165, 1.54) is 12.3 Å². The van der Waals surface area contributed by atoms with Crippen molar-refractivity contribution in [3.8, 4) is 0 Å². The lowest BCUT2D eigenvalue weighted by atomic mass is 10.2. The molecule has 0 fully saturated rings. The molecule has 0 radical (unpaired) electrons. The molecule has 1 aliphatic rings. The van der Waals surface area contributed by atoms with Crippen LogP contribution in [0.1, 0.15) is 6.42 Å². The molecule has 4 heteroatoms. The third-order valence-corrected chi connectivity index (χ3v) is 1.69. The van der Waals surface area contributed by atoms with Crippen LogP contribution in [0.3, 0.4) is 0 Å². The summed E-state index contributed by atoms with van der Waals surface area (Å²) in [4.78, 5) is 28.4. The standard InChI is InChI=1S/C8H6N2O2/c11-6-3-4-9-8-5(6)1-2-7(12)10-8/h1,3-4H,2H2,(H,9,10,12). The molecule has 2 rings (SSSR count). The maximum Gasteiger partial charge on any atom is 0.251 e. The summed E-state index contributed by atoms with van der Waals surface area (Å²) in [5.41, 5.74) is 0.277. The lowest BCUT2D eigenvalue weighted by Gasteiger charge is -1.95. The van der Waals surface area contributed by atoms with Gasteiger partial charge in [-0.3, -0.25) is 9.59 Å². The second-order valence-electron chi connectivity index (χ2n) is 2.52. The number of carbonyl (C=O) groups excluding carboxylic acids is 1. The van der Waals surface area contributed by atoms with E-state index in [1.54, 1.807) is 6.08 Å². The van der Waals surface area contributed by atoms with Crippen LogP contribution in [0.4, 0.5) is 0 Å². The highest BCUT2D eigenvalue weighted by molar-refractivity contribution is 5.82. The minimum Gasteiger partial charge on any atom is -0.346 e. The third kappa shape index (κ3) is 0.972. The molecule has 0 atom stereocenters. The van der Waals surface area contributed by atoms with Crippen molar-refractivity contribution in [1.29, 1.82) is 0 Å². The lowest BCUT2D eigenvalue weighted by Crippen LogP contribution is -2.42. The molecule has 0 aromatic carbocycles. The number of rotatable bonds is 0. The highest BCUT2D eigenvalue weighted by atomic mass is 16.1. The molecule has 1 aromatic rings. The molecule has 0 saturated carbocycles. The second kappa shape index (κ2) is 2.41. The summed E-state index contributed by atoms with van der Waals surface area (Å²) in [6.07, 6.45) is 3.31. The van der Waals surface area contributed by atoms with Gasteiger partial charge in [-0.25, -0.2) is 0 Å². The van der Waals surface area contributed by atoms with Gasteiger partial charge >= 0.3 is 0 Å². The van der Waals surface area contributed by atoms with Gasteiger partial charge in [-0.15, -0.1) is 0 Å². The Morgan fingerprint density at radius 1 is 1.42 bits per heavy atom. The first-order chi connectivity index (χ1) is 5.77. The minimum atomic E-state index is -0.218. The van der Waals surface area contributed by atoms with Crippen LogP contribution >= 0.6 is 0 Å². The summed E-state index contributed by atoms with van der Waals surface area (Å²) in [5, 5.41) is 0.497. The average Bonchev–Trinajstić information content (AvgIpc) is 2.04. The fourth-order valence-electron chi connectivity index (χ4n) is 1.13. The molecule has 1 aromatic heterocycles. The monoisotopic (exact) mass is 162 g/mol. The van der Waals surface area contributed by atoms with Crippen LogP contribution in [0, 0.1) is 0 Å². The first-order valence-corrected chi connectivity index (χ1v) is 3.57. The summed E-state index contributed by atoms with van der Waals surface area (Å²) < 4.78 is 0. The highest BCUT2D eigenvalue weighted by Gasteiger charge is 2.03. The molecule has 0 aliphatic carbocycles. The predicted octanol–water partition coefficient (Wildman–Crippen LogP) is -1.29. The Hall–Kier alpha value is -1.71. The predicted molar refractivity (Wildman–Crippen MR) is 41.9 cm³/mol. The Morgan fingerprint density at radius 3 is 3.08 bits per heavy atom. The van der Waals surface area contributed by atoms with E-state index >= 15 is 0 Å². The molecule has 4 nitrogen and oxygen atoms in total. The number of nitrogens with one attached hydrogen (secondary N) is 1. The molecule has 2 heterocycles. The van der Waals surface area contributed by atoms with Crippen LogP contribution in [0.25, 0.3) is 6.08 Å². The largest absolute Gasteiger partial charge is 0.346 e. The molecule has 1 aliphatic heterocycles. The molecule has 0 saturated heterocycles. The van der Waals surface area contributed by atoms with Gasteiger partial charge in [0.25, 0.3) is 5.91 Å². The van der Waals surface area contributed by atoms with Crippen molar-refractivity contribution in [2.24, 2.45) is 4.99 Å². The first kappa shape index (κ1) is 6.97. The molecular formula is C8H6N2O2. The number of carbonyl (C=O) groups is 1. The van der Waals surface area contributed by atoms with Gasteiger partial charge in [0.05, 0.1) is 5.22 Å². The molecule has 0 spiro atoms. The van der Waals surface area contributed by atoms with E-state index in [4.69, 9.17) is 0 Å². The molecule has 0 unspecified atom stereocenters. The van der Waals surface area contributed by atoms with Gasteiger partial charge in [-0.1, -0.05) is 6.08 Å².